The molecule has 19 heavy (non-hydrogen) atoms. The minimum absolute atomic E-state index is 0.0308. The fourth-order valence-electron chi connectivity index (χ4n) is 2.26. The third-order valence-electron chi connectivity index (χ3n) is 3.62. The standard InChI is InChI=1S/C13H20N2O2S2/c1-10-11(2)15(8-7-14-10)19(16,17)13-6-4-5-12(9-13)18-3/h4-6,9-11,14H,7-8H2,1-3H3. The number of piperazine rings is 1. The van der Waals surface area contributed by atoms with Crippen molar-refractivity contribution in [1.82, 2.24) is 9.62 Å². The summed E-state index contributed by atoms with van der Waals surface area (Å²) in [5.74, 6) is 0. The van der Waals surface area contributed by atoms with Crippen LogP contribution in [0.25, 0.3) is 0 Å². The summed E-state index contributed by atoms with van der Waals surface area (Å²) in [5, 5.41) is 3.30. The van der Waals surface area contributed by atoms with Crippen LogP contribution in [0.2, 0.25) is 0 Å². The van der Waals surface area contributed by atoms with Crippen LogP contribution >= 0.6 is 11.8 Å². The van der Waals surface area contributed by atoms with Gasteiger partial charge in [0.15, 0.2) is 0 Å². The van der Waals surface area contributed by atoms with Gasteiger partial charge in [0.05, 0.1) is 4.90 Å². The maximum atomic E-state index is 12.7. The Morgan fingerprint density at radius 2 is 2.11 bits per heavy atom. The monoisotopic (exact) mass is 300 g/mol. The van der Waals surface area contributed by atoms with Gasteiger partial charge >= 0.3 is 0 Å². The second kappa shape index (κ2) is 5.83. The van der Waals surface area contributed by atoms with Gasteiger partial charge in [-0.25, -0.2) is 8.42 Å². The molecule has 1 aliphatic heterocycles. The fourth-order valence-corrected chi connectivity index (χ4v) is 4.55. The van der Waals surface area contributed by atoms with Crippen LogP contribution in [0, 0.1) is 0 Å². The molecule has 0 bridgehead atoms. The Hall–Kier alpha value is -0.560. The van der Waals surface area contributed by atoms with Crippen LogP contribution in [-0.4, -0.2) is 44.2 Å². The first-order valence-electron chi connectivity index (χ1n) is 6.36. The van der Waals surface area contributed by atoms with E-state index in [-0.39, 0.29) is 12.1 Å². The largest absolute Gasteiger partial charge is 0.311 e. The van der Waals surface area contributed by atoms with E-state index in [1.54, 1.807) is 34.3 Å². The van der Waals surface area contributed by atoms with Gasteiger partial charge in [0, 0.05) is 30.1 Å². The molecule has 1 aromatic rings. The third-order valence-corrected chi connectivity index (χ3v) is 6.33. The predicted octanol–water partition coefficient (Wildman–Crippen LogP) is 1.78. The molecule has 0 saturated carbocycles. The summed E-state index contributed by atoms with van der Waals surface area (Å²) in [6, 6.07) is 7.29. The van der Waals surface area contributed by atoms with E-state index in [0.29, 0.717) is 18.0 Å². The lowest BCUT2D eigenvalue weighted by atomic mass is 10.1. The highest BCUT2D eigenvalue weighted by molar-refractivity contribution is 7.98. The van der Waals surface area contributed by atoms with Crippen LogP contribution in [0.3, 0.4) is 0 Å². The molecule has 0 amide bonds. The highest BCUT2D eigenvalue weighted by Crippen LogP contribution is 2.24. The zero-order chi connectivity index (χ0) is 14.0. The highest BCUT2D eigenvalue weighted by atomic mass is 32.2. The SMILES string of the molecule is CSc1cccc(S(=O)(=O)N2CCNC(C)C2C)c1. The zero-order valence-electron chi connectivity index (χ0n) is 11.5. The quantitative estimate of drug-likeness (QED) is 0.865. The average Bonchev–Trinajstić information content (AvgIpc) is 2.41. The Kier molecular flexibility index (Phi) is 4.55. The number of hydrogen-bond acceptors (Lipinski definition) is 4. The van der Waals surface area contributed by atoms with E-state index in [1.807, 2.05) is 26.2 Å². The van der Waals surface area contributed by atoms with Crippen molar-refractivity contribution in [3.63, 3.8) is 0 Å². The van der Waals surface area contributed by atoms with Gasteiger partial charge in [0.2, 0.25) is 10.0 Å². The molecule has 2 unspecified atom stereocenters. The molecule has 0 radical (unpaired) electrons. The van der Waals surface area contributed by atoms with Crippen molar-refractivity contribution in [2.24, 2.45) is 0 Å². The Morgan fingerprint density at radius 1 is 1.37 bits per heavy atom. The summed E-state index contributed by atoms with van der Waals surface area (Å²) in [4.78, 5) is 1.36. The van der Waals surface area contributed by atoms with E-state index in [9.17, 15) is 8.42 Å². The van der Waals surface area contributed by atoms with Gasteiger partial charge in [-0.1, -0.05) is 6.07 Å². The lowest BCUT2D eigenvalue weighted by Crippen LogP contribution is -2.57. The molecule has 0 aromatic heterocycles. The van der Waals surface area contributed by atoms with Crippen molar-refractivity contribution in [2.45, 2.75) is 35.7 Å². The zero-order valence-corrected chi connectivity index (χ0v) is 13.1. The third kappa shape index (κ3) is 2.97. The molecule has 1 fully saturated rings. The molecular weight excluding hydrogens is 280 g/mol. The first-order chi connectivity index (χ1) is 8.96. The molecule has 6 heteroatoms. The molecule has 0 spiro atoms. The van der Waals surface area contributed by atoms with Crippen LogP contribution in [0.15, 0.2) is 34.1 Å². The number of rotatable bonds is 3. The van der Waals surface area contributed by atoms with Crippen LogP contribution in [-0.2, 0) is 10.0 Å². The number of thioether (sulfide) groups is 1. The number of nitrogens with zero attached hydrogens (tertiary/aromatic N) is 1. The molecule has 106 valence electrons. The molecule has 1 saturated heterocycles. The highest BCUT2D eigenvalue weighted by Gasteiger charge is 2.34. The molecule has 1 N–H and O–H groups in total. The molecule has 0 aliphatic carbocycles. The van der Waals surface area contributed by atoms with Crippen LogP contribution in [0.5, 0.6) is 0 Å². The van der Waals surface area contributed by atoms with E-state index < -0.39 is 10.0 Å². The lowest BCUT2D eigenvalue weighted by Gasteiger charge is -2.37. The summed E-state index contributed by atoms with van der Waals surface area (Å²) < 4.78 is 27.0. The van der Waals surface area contributed by atoms with Gasteiger partial charge in [0.25, 0.3) is 0 Å². The number of sulfonamides is 1. The minimum atomic E-state index is -3.40. The molecule has 2 atom stereocenters. The van der Waals surface area contributed by atoms with Crippen molar-refractivity contribution >= 4 is 21.8 Å². The van der Waals surface area contributed by atoms with Gasteiger partial charge in [-0.3, -0.25) is 0 Å². The summed E-state index contributed by atoms with van der Waals surface area (Å²) in [6.45, 7) is 5.20. The summed E-state index contributed by atoms with van der Waals surface area (Å²) in [6.07, 6.45) is 1.95. The molecule has 1 aromatic carbocycles. The van der Waals surface area contributed by atoms with Crippen LogP contribution in [0.1, 0.15) is 13.8 Å². The van der Waals surface area contributed by atoms with Crippen molar-refractivity contribution < 1.29 is 8.42 Å². The number of nitrogens with one attached hydrogen (secondary N) is 1. The van der Waals surface area contributed by atoms with E-state index in [0.717, 1.165) is 4.90 Å². The van der Waals surface area contributed by atoms with E-state index in [2.05, 4.69) is 5.32 Å². The normalized spacial score (nSPS) is 25.4. The van der Waals surface area contributed by atoms with Gasteiger partial charge in [-0.15, -0.1) is 11.8 Å². The summed E-state index contributed by atoms with van der Waals surface area (Å²) in [7, 11) is -3.40. The lowest BCUT2D eigenvalue weighted by molar-refractivity contribution is 0.233. The molecule has 1 aliphatic rings. The van der Waals surface area contributed by atoms with E-state index in [4.69, 9.17) is 0 Å². The second-order valence-corrected chi connectivity index (χ2v) is 7.55. The first kappa shape index (κ1) is 14.8. The second-order valence-electron chi connectivity index (χ2n) is 4.78. The van der Waals surface area contributed by atoms with Crippen molar-refractivity contribution in [2.75, 3.05) is 19.3 Å². The predicted molar refractivity (Wildman–Crippen MR) is 79.0 cm³/mol. The summed E-state index contributed by atoms with van der Waals surface area (Å²) >= 11 is 1.55. The van der Waals surface area contributed by atoms with Crippen LogP contribution < -0.4 is 5.32 Å². The van der Waals surface area contributed by atoms with E-state index in [1.165, 1.54) is 0 Å². The maximum absolute atomic E-state index is 12.7. The van der Waals surface area contributed by atoms with Gasteiger partial charge < -0.3 is 5.32 Å². The maximum Gasteiger partial charge on any atom is 0.243 e. The average molecular weight is 300 g/mol. The Bertz CT molecular complexity index is 545. The van der Waals surface area contributed by atoms with Gasteiger partial charge in [-0.05, 0) is 38.3 Å². The van der Waals surface area contributed by atoms with Crippen LogP contribution in [0.4, 0.5) is 0 Å². The molecule has 1 heterocycles. The van der Waals surface area contributed by atoms with E-state index >= 15 is 0 Å². The Morgan fingerprint density at radius 3 is 2.79 bits per heavy atom. The molecule has 4 nitrogen and oxygen atoms in total. The topological polar surface area (TPSA) is 49.4 Å². The fraction of sp³-hybridized carbons (Fsp3) is 0.538. The van der Waals surface area contributed by atoms with Gasteiger partial charge in [0.1, 0.15) is 0 Å². The number of hydrogen-bond donors (Lipinski definition) is 1. The van der Waals surface area contributed by atoms with Gasteiger partial charge in [-0.2, -0.15) is 4.31 Å². The minimum Gasteiger partial charge on any atom is -0.311 e. The Balaban J connectivity index is 2.35. The Labute approximate surface area is 119 Å². The van der Waals surface area contributed by atoms with Crippen molar-refractivity contribution in [1.29, 1.82) is 0 Å². The number of benzene rings is 1. The van der Waals surface area contributed by atoms with Crippen molar-refractivity contribution in [3.05, 3.63) is 24.3 Å². The molecule has 2 rings (SSSR count). The van der Waals surface area contributed by atoms with Crippen molar-refractivity contribution in [3.8, 4) is 0 Å². The summed E-state index contributed by atoms with van der Waals surface area (Å²) in [5.41, 5.74) is 0. The smallest absolute Gasteiger partial charge is 0.243 e. The molecular formula is C13H20N2O2S2. The first-order valence-corrected chi connectivity index (χ1v) is 9.02.